The molecule has 136 valence electrons. The Hall–Kier alpha value is -1.85. The summed E-state index contributed by atoms with van der Waals surface area (Å²) in [6.07, 6.45) is 4.32. The number of piperidine rings is 1. The number of hydrogen-bond donors (Lipinski definition) is 1. The van der Waals surface area contributed by atoms with Gasteiger partial charge in [0.25, 0.3) is 0 Å². The van der Waals surface area contributed by atoms with Gasteiger partial charge in [-0.25, -0.2) is 0 Å². The van der Waals surface area contributed by atoms with Gasteiger partial charge in [0.2, 0.25) is 11.9 Å². The van der Waals surface area contributed by atoms with Gasteiger partial charge in [-0.05, 0) is 67.5 Å². The summed E-state index contributed by atoms with van der Waals surface area (Å²) in [6, 6.07) is 8.74. The Balaban J connectivity index is 1.43. The molecule has 1 aliphatic rings. The maximum absolute atomic E-state index is 13.3. The molecule has 0 saturated carbocycles. The first-order valence-corrected chi connectivity index (χ1v) is 9.54. The van der Waals surface area contributed by atoms with E-state index in [4.69, 9.17) is 23.2 Å². The molecule has 1 saturated heterocycles. The van der Waals surface area contributed by atoms with Crippen molar-refractivity contribution in [3.8, 4) is 0 Å². The highest BCUT2D eigenvalue weighted by molar-refractivity contribution is 6.34. The zero-order valence-electron chi connectivity index (χ0n) is 14.2. The van der Waals surface area contributed by atoms with Gasteiger partial charge in [0.05, 0.1) is 5.52 Å². The molecule has 0 amide bonds. The van der Waals surface area contributed by atoms with Crippen LogP contribution in [0.4, 0.5) is 10.3 Å². The number of pyridine rings is 1. The number of aromatic nitrogens is 3. The first kappa shape index (κ1) is 17.6. The average molecular weight is 393 g/mol. The van der Waals surface area contributed by atoms with Crippen LogP contribution >= 0.6 is 23.2 Å². The second kappa shape index (κ2) is 7.41. The summed E-state index contributed by atoms with van der Waals surface area (Å²) in [5.74, 6) is 0.834. The Kier molecular flexibility index (Phi) is 5.00. The molecule has 1 atom stereocenters. The quantitative estimate of drug-likeness (QED) is 0.616. The molecule has 3 aromatic rings. The molecule has 4 nitrogen and oxygen atoms in total. The molecule has 0 bridgehead atoms. The van der Waals surface area contributed by atoms with Gasteiger partial charge < -0.3 is 9.88 Å². The molecule has 1 aromatic carbocycles. The number of hydrogen-bond acceptors (Lipinski definition) is 3. The lowest BCUT2D eigenvalue weighted by Crippen LogP contribution is -2.36. The maximum Gasteiger partial charge on any atom is 0.215 e. The topological polar surface area (TPSA) is 44.8 Å². The van der Waals surface area contributed by atoms with Crippen molar-refractivity contribution in [2.75, 3.05) is 18.0 Å². The summed E-state index contributed by atoms with van der Waals surface area (Å²) >= 11 is 12.2. The fourth-order valence-corrected chi connectivity index (χ4v) is 4.20. The summed E-state index contributed by atoms with van der Waals surface area (Å²) in [5.41, 5.74) is 2.36. The third-order valence-corrected chi connectivity index (χ3v) is 5.32. The SMILES string of the molecule is Fc1ccc2[nH]c(N3CCCC(CCc4cc(Cl)cc(Cl)c4)C3)nc2n1. The molecular weight excluding hydrogens is 374 g/mol. The molecule has 2 aromatic heterocycles. The lowest BCUT2D eigenvalue weighted by Gasteiger charge is -2.32. The van der Waals surface area contributed by atoms with Crippen LogP contribution in [0.2, 0.25) is 10.0 Å². The van der Waals surface area contributed by atoms with Crippen LogP contribution in [-0.4, -0.2) is 28.0 Å². The standard InChI is InChI=1S/C19H19Cl2FN4/c20-14-8-13(9-15(21)10-14)4-3-12-2-1-7-26(11-12)19-23-16-5-6-17(22)24-18(16)25-19/h5-6,8-10,12H,1-4,7,11H2,(H,23,24,25). The van der Waals surface area contributed by atoms with Gasteiger partial charge in [-0.1, -0.05) is 23.2 Å². The van der Waals surface area contributed by atoms with Crippen LogP contribution in [0, 0.1) is 11.9 Å². The minimum atomic E-state index is -0.507. The number of imidazole rings is 1. The fraction of sp³-hybridized carbons (Fsp3) is 0.368. The van der Waals surface area contributed by atoms with E-state index in [-0.39, 0.29) is 0 Å². The first-order chi connectivity index (χ1) is 12.6. The molecule has 1 fully saturated rings. The van der Waals surface area contributed by atoms with Crippen molar-refractivity contribution in [1.29, 1.82) is 0 Å². The van der Waals surface area contributed by atoms with E-state index < -0.39 is 5.95 Å². The second-order valence-corrected chi connectivity index (χ2v) is 7.71. The molecule has 26 heavy (non-hydrogen) atoms. The van der Waals surface area contributed by atoms with E-state index >= 15 is 0 Å². The number of nitrogens with zero attached hydrogens (tertiary/aromatic N) is 3. The van der Waals surface area contributed by atoms with E-state index in [9.17, 15) is 4.39 Å². The molecule has 0 spiro atoms. The lowest BCUT2D eigenvalue weighted by atomic mass is 9.92. The number of nitrogens with one attached hydrogen (secondary N) is 1. The van der Waals surface area contributed by atoms with Crippen molar-refractivity contribution in [2.45, 2.75) is 25.7 Å². The number of halogens is 3. The highest BCUT2D eigenvalue weighted by atomic mass is 35.5. The minimum absolute atomic E-state index is 0.427. The smallest absolute Gasteiger partial charge is 0.215 e. The van der Waals surface area contributed by atoms with Crippen molar-refractivity contribution < 1.29 is 4.39 Å². The van der Waals surface area contributed by atoms with Gasteiger partial charge in [-0.15, -0.1) is 0 Å². The van der Waals surface area contributed by atoms with Gasteiger partial charge in [-0.2, -0.15) is 14.4 Å². The Bertz CT molecular complexity index is 907. The fourth-order valence-electron chi connectivity index (χ4n) is 3.63. The van der Waals surface area contributed by atoms with Gasteiger partial charge >= 0.3 is 0 Å². The van der Waals surface area contributed by atoms with Gasteiger partial charge in [0.15, 0.2) is 5.65 Å². The summed E-state index contributed by atoms with van der Waals surface area (Å²) in [6.45, 7) is 1.87. The van der Waals surface area contributed by atoms with Crippen LogP contribution in [0.3, 0.4) is 0 Å². The number of aromatic amines is 1. The van der Waals surface area contributed by atoms with Gasteiger partial charge in [0, 0.05) is 23.1 Å². The van der Waals surface area contributed by atoms with Gasteiger partial charge in [0.1, 0.15) is 0 Å². The number of aryl methyl sites for hydroxylation is 1. The Morgan fingerprint density at radius 3 is 2.77 bits per heavy atom. The molecule has 0 aliphatic carbocycles. The molecule has 3 heterocycles. The monoisotopic (exact) mass is 392 g/mol. The average Bonchev–Trinajstić information content (AvgIpc) is 3.03. The van der Waals surface area contributed by atoms with Crippen molar-refractivity contribution in [3.05, 3.63) is 51.9 Å². The van der Waals surface area contributed by atoms with Crippen molar-refractivity contribution >= 4 is 40.3 Å². The maximum atomic E-state index is 13.3. The predicted molar refractivity (Wildman–Crippen MR) is 104 cm³/mol. The van der Waals surface area contributed by atoms with Crippen molar-refractivity contribution in [2.24, 2.45) is 5.92 Å². The number of H-pyrrole nitrogens is 1. The second-order valence-electron chi connectivity index (χ2n) is 6.84. The summed E-state index contributed by atoms with van der Waals surface area (Å²) in [7, 11) is 0. The molecule has 1 N–H and O–H groups in total. The van der Waals surface area contributed by atoms with E-state index in [0.29, 0.717) is 21.6 Å². The molecular formula is C19H19Cl2FN4. The first-order valence-electron chi connectivity index (χ1n) is 8.79. The zero-order valence-corrected chi connectivity index (χ0v) is 15.7. The minimum Gasteiger partial charge on any atom is -0.342 e. The van der Waals surface area contributed by atoms with Crippen LogP contribution in [-0.2, 0) is 6.42 Å². The van der Waals surface area contributed by atoms with Crippen LogP contribution in [0.25, 0.3) is 11.2 Å². The number of fused-ring (bicyclic) bond motifs is 1. The molecule has 1 aliphatic heterocycles. The highest BCUT2D eigenvalue weighted by Crippen LogP contribution is 2.27. The largest absolute Gasteiger partial charge is 0.342 e. The third kappa shape index (κ3) is 3.94. The van der Waals surface area contributed by atoms with Crippen LogP contribution in [0.1, 0.15) is 24.8 Å². The molecule has 1 unspecified atom stereocenters. The number of anilines is 1. The van der Waals surface area contributed by atoms with E-state index in [0.717, 1.165) is 43.8 Å². The predicted octanol–water partition coefficient (Wildman–Crippen LogP) is 5.25. The lowest BCUT2D eigenvalue weighted by molar-refractivity contribution is 0.389. The number of benzene rings is 1. The summed E-state index contributed by atoms with van der Waals surface area (Å²) in [4.78, 5) is 13.8. The number of rotatable bonds is 4. The van der Waals surface area contributed by atoms with Gasteiger partial charge in [-0.3, -0.25) is 0 Å². The van der Waals surface area contributed by atoms with Crippen molar-refractivity contribution in [1.82, 2.24) is 15.0 Å². The summed E-state index contributed by atoms with van der Waals surface area (Å²) < 4.78 is 13.3. The highest BCUT2D eigenvalue weighted by Gasteiger charge is 2.22. The van der Waals surface area contributed by atoms with Crippen molar-refractivity contribution in [3.63, 3.8) is 0 Å². The summed E-state index contributed by atoms with van der Waals surface area (Å²) in [5, 5.41) is 1.36. The Labute approximate surface area is 161 Å². The van der Waals surface area contributed by atoms with Crippen LogP contribution in [0.15, 0.2) is 30.3 Å². The Morgan fingerprint density at radius 2 is 1.96 bits per heavy atom. The molecule has 4 rings (SSSR count). The third-order valence-electron chi connectivity index (χ3n) is 4.88. The molecule has 7 heteroatoms. The van der Waals surface area contributed by atoms with E-state index in [2.05, 4.69) is 19.9 Å². The van der Waals surface area contributed by atoms with E-state index in [1.54, 1.807) is 12.1 Å². The Morgan fingerprint density at radius 1 is 1.15 bits per heavy atom. The van der Waals surface area contributed by atoms with E-state index in [1.165, 1.54) is 18.1 Å². The zero-order chi connectivity index (χ0) is 18.1. The van der Waals surface area contributed by atoms with Crippen LogP contribution < -0.4 is 4.90 Å². The molecule has 0 radical (unpaired) electrons. The van der Waals surface area contributed by atoms with E-state index in [1.807, 2.05) is 12.1 Å². The normalized spacial score (nSPS) is 17.8. The van der Waals surface area contributed by atoms with Crippen LogP contribution in [0.5, 0.6) is 0 Å².